The SMILES string of the molecule is CC(C)[C@H]1NC(=O)[C@H](Cc2ccc(OP(=O)(O)O)cc2)NC(=O)CNC(=O)[C@@H]2CCCN2C(=O)[C@@H](C(C)C)NC(=O)[C@H](CC(N)=O)NC1=O. The summed E-state index contributed by atoms with van der Waals surface area (Å²) in [6.45, 7) is 6.24. The molecule has 2 fully saturated rings. The molecule has 49 heavy (non-hydrogen) atoms. The third-order valence-electron chi connectivity index (χ3n) is 8.02. The number of fused-ring (bicyclic) bond motifs is 1. The lowest BCUT2D eigenvalue weighted by molar-refractivity contribution is -0.143. The summed E-state index contributed by atoms with van der Waals surface area (Å²) in [5.74, 6) is -6.55. The van der Waals surface area contributed by atoms with E-state index in [0.717, 1.165) is 0 Å². The number of carbonyl (C=O) groups is 7. The average molecular weight is 710 g/mol. The van der Waals surface area contributed by atoms with Crippen molar-refractivity contribution in [2.75, 3.05) is 13.1 Å². The lowest BCUT2D eigenvalue weighted by atomic mass is 9.99. The van der Waals surface area contributed by atoms with Crippen molar-refractivity contribution < 1.29 is 52.4 Å². The minimum Gasteiger partial charge on any atom is -0.404 e. The van der Waals surface area contributed by atoms with Crippen LogP contribution < -0.4 is 36.8 Å². The van der Waals surface area contributed by atoms with E-state index < -0.39 is 104 Å². The summed E-state index contributed by atoms with van der Waals surface area (Å²) < 4.78 is 15.7. The van der Waals surface area contributed by atoms with Gasteiger partial charge in [0.2, 0.25) is 41.4 Å². The lowest BCUT2D eigenvalue weighted by Gasteiger charge is -2.32. The predicted molar refractivity (Wildman–Crippen MR) is 172 cm³/mol. The highest BCUT2D eigenvalue weighted by Gasteiger charge is 2.40. The van der Waals surface area contributed by atoms with E-state index >= 15 is 0 Å². The molecule has 0 spiro atoms. The van der Waals surface area contributed by atoms with Gasteiger partial charge in [-0.05, 0) is 42.4 Å². The predicted octanol–water partition coefficient (Wildman–Crippen LogP) is -2.05. The summed E-state index contributed by atoms with van der Waals surface area (Å²) in [4.78, 5) is 112. The van der Waals surface area contributed by atoms with Gasteiger partial charge in [-0.25, -0.2) is 4.57 Å². The molecule has 0 saturated carbocycles. The van der Waals surface area contributed by atoms with Crippen molar-refractivity contribution in [3.05, 3.63) is 29.8 Å². The molecular weight excluding hydrogens is 665 g/mol. The van der Waals surface area contributed by atoms with Gasteiger partial charge in [0.1, 0.15) is 36.0 Å². The first-order valence-electron chi connectivity index (χ1n) is 15.8. The number of phosphoric ester groups is 1. The van der Waals surface area contributed by atoms with Gasteiger partial charge in [-0.15, -0.1) is 0 Å². The largest absolute Gasteiger partial charge is 0.524 e. The fourth-order valence-corrected chi connectivity index (χ4v) is 5.91. The smallest absolute Gasteiger partial charge is 0.404 e. The zero-order valence-electron chi connectivity index (χ0n) is 27.6. The van der Waals surface area contributed by atoms with Crippen molar-refractivity contribution in [3.8, 4) is 5.75 Å². The van der Waals surface area contributed by atoms with Crippen LogP contribution in [0.5, 0.6) is 5.75 Å². The van der Waals surface area contributed by atoms with E-state index in [1.54, 1.807) is 27.7 Å². The molecule has 0 aliphatic carbocycles. The molecular formula is C30H44N7O11P. The van der Waals surface area contributed by atoms with E-state index in [1.807, 2.05) is 0 Å². The van der Waals surface area contributed by atoms with Crippen LogP contribution in [-0.4, -0.2) is 99.3 Å². The van der Waals surface area contributed by atoms with Crippen molar-refractivity contribution in [2.24, 2.45) is 17.6 Å². The Kier molecular flexibility index (Phi) is 13.3. The molecule has 7 amide bonds. The van der Waals surface area contributed by atoms with E-state index in [9.17, 15) is 38.1 Å². The topological polar surface area (TPSA) is 276 Å². The fraction of sp³-hybridized carbons (Fsp3) is 0.567. The molecule has 0 radical (unpaired) electrons. The van der Waals surface area contributed by atoms with Crippen LogP contribution in [-0.2, 0) is 44.5 Å². The van der Waals surface area contributed by atoms with Gasteiger partial charge < -0.3 is 41.7 Å². The number of carbonyl (C=O) groups excluding carboxylic acids is 7. The Bertz CT molecular complexity index is 1480. The standard InChI is InChI=1S/C30H44N7O11P/c1-15(2)24-29(43)34-20(13-22(31)38)27(41)36-25(16(3)4)30(44)37-11-5-6-21(37)28(42)32-14-23(39)33-19(26(40)35-24)12-17-7-9-18(10-8-17)48-49(45,46)47/h7-10,15-16,19-21,24-25H,5-6,11-14H2,1-4H3,(H2,31,38)(H,32,42)(H,33,39)(H,34,43)(H,35,40)(H,36,41)(H2,45,46,47)/t19-,20-,21-,24+,25+/m0/s1. The molecule has 1 aromatic rings. The molecule has 0 aromatic heterocycles. The molecule has 0 unspecified atom stereocenters. The van der Waals surface area contributed by atoms with Crippen LogP contribution >= 0.6 is 7.82 Å². The van der Waals surface area contributed by atoms with Crippen molar-refractivity contribution in [3.63, 3.8) is 0 Å². The van der Waals surface area contributed by atoms with Crippen LogP contribution in [0.2, 0.25) is 0 Å². The Labute approximate surface area is 282 Å². The van der Waals surface area contributed by atoms with Gasteiger partial charge >= 0.3 is 7.82 Å². The van der Waals surface area contributed by atoms with Crippen LogP contribution in [0, 0.1) is 11.8 Å². The van der Waals surface area contributed by atoms with Crippen molar-refractivity contribution >= 4 is 49.2 Å². The van der Waals surface area contributed by atoms with Crippen molar-refractivity contribution in [2.45, 2.75) is 83.6 Å². The van der Waals surface area contributed by atoms with Gasteiger partial charge in [-0.2, -0.15) is 0 Å². The highest BCUT2D eigenvalue weighted by molar-refractivity contribution is 7.46. The number of nitrogens with two attached hydrogens (primary N) is 1. The monoisotopic (exact) mass is 709 g/mol. The molecule has 3 rings (SSSR count). The van der Waals surface area contributed by atoms with E-state index in [0.29, 0.717) is 18.4 Å². The summed E-state index contributed by atoms with van der Waals surface area (Å²) in [7, 11) is -4.83. The molecule has 9 N–H and O–H groups in total. The van der Waals surface area contributed by atoms with Crippen LogP contribution in [0.3, 0.4) is 0 Å². The minimum atomic E-state index is -4.83. The third-order valence-corrected chi connectivity index (χ3v) is 8.47. The second-order valence-corrected chi connectivity index (χ2v) is 13.8. The Morgan fingerprint density at radius 2 is 1.47 bits per heavy atom. The molecule has 2 heterocycles. The average Bonchev–Trinajstić information content (AvgIpc) is 3.49. The summed E-state index contributed by atoms with van der Waals surface area (Å²) in [6.07, 6.45) is -0.0134. The zero-order chi connectivity index (χ0) is 36.6. The maximum Gasteiger partial charge on any atom is 0.524 e. The first kappa shape index (κ1) is 38.9. The molecule has 2 aliphatic heterocycles. The first-order chi connectivity index (χ1) is 22.9. The van der Waals surface area contributed by atoms with E-state index in [1.165, 1.54) is 29.2 Å². The number of hydrogen-bond acceptors (Lipinski definition) is 9. The highest BCUT2D eigenvalue weighted by Crippen LogP contribution is 2.37. The fourth-order valence-electron chi connectivity index (χ4n) is 5.51. The van der Waals surface area contributed by atoms with Crippen LogP contribution in [0.1, 0.15) is 52.5 Å². The Hall–Kier alpha value is -4.54. The second kappa shape index (κ2) is 16.7. The van der Waals surface area contributed by atoms with E-state index in [2.05, 4.69) is 31.1 Å². The van der Waals surface area contributed by atoms with Crippen LogP contribution in [0.15, 0.2) is 24.3 Å². The maximum absolute atomic E-state index is 13.7. The molecule has 2 saturated heterocycles. The van der Waals surface area contributed by atoms with Crippen molar-refractivity contribution in [1.29, 1.82) is 0 Å². The van der Waals surface area contributed by atoms with E-state index in [-0.39, 0.29) is 18.7 Å². The maximum atomic E-state index is 13.7. The molecule has 18 nitrogen and oxygen atoms in total. The lowest BCUT2D eigenvalue weighted by Crippen LogP contribution is -2.62. The summed E-state index contributed by atoms with van der Waals surface area (Å²) in [5, 5.41) is 12.7. The van der Waals surface area contributed by atoms with Gasteiger partial charge in [0.25, 0.3) is 0 Å². The Balaban J connectivity index is 1.98. The molecule has 19 heteroatoms. The number of rotatable bonds is 8. The van der Waals surface area contributed by atoms with E-state index in [4.69, 9.17) is 15.5 Å². The zero-order valence-corrected chi connectivity index (χ0v) is 28.5. The quantitative estimate of drug-likeness (QED) is 0.136. The normalized spacial score (nSPS) is 25.0. The number of primary amides is 1. The number of benzene rings is 1. The van der Waals surface area contributed by atoms with Gasteiger partial charge in [0, 0.05) is 13.0 Å². The number of amides is 7. The molecule has 5 atom stereocenters. The molecule has 1 aromatic carbocycles. The third kappa shape index (κ3) is 11.3. The highest BCUT2D eigenvalue weighted by atomic mass is 31.2. The Morgan fingerprint density at radius 1 is 0.878 bits per heavy atom. The summed E-state index contributed by atoms with van der Waals surface area (Å²) >= 11 is 0. The van der Waals surface area contributed by atoms with Gasteiger partial charge in [-0.1, -0.05) is 39.8 Å². The minimum absolute atomic E-state index is 0.150. The molecule has 0 bridgehead atoms. The summed E-state index contributed by atoms with van der Waals surface area (Å²) in [5.41, 5.74) is 5.81. The molecule has 2 aliphatic rings. The van der Waals surface area contributed by atoms with Gasteiger partial charge in [-0.3, -0.25) is 43.3 Å². The number of nitrogens with one attached hydrogen (secondary N) is 5. The van der Waals surface area contributed by atoms with Crippen LogP contribution in [0.4, 0.5) is 0 Å². The van der Waals surface area contributed by atoms with Gasteiger partial charge in [0.05, 0.1) is 13.0 Å². The second-order valence-electron chi connectivity index (χ2n) is 12.6. The number of nitrogens with zero attached hydrogens (tertiary/aromatic N) is 1. The Morgan fingerprint density at radius 3 is 2.04 bits per heavy atom. The van der Waals surface area contributed by atoms with Crippen molar-refractivity contribution in [1.82, 2.24) is 31.5 Å². The first-order valence-corrected chi connectivity index (χ1v) is 17.3. The summed E-state index contributed by atoms with van der Waals surface area (Å²) in [6, 6.07) is -0.871. The van der Waals surface area contributed by atoms with Gasteiger partial charge in [0.15, 0.2) is 0 Å². The number of hydrogen-bond donors (Lipinski definition) is 8. The van der Waals surface area contributed by atoms with Crippen LogP contribution in [0.25, 0.3) is 0 Å². The molecule has 270 valence electrons. The number of phosphoric acid groups is 1.